The molecule has 3 heteroatoms. The summed E-state index contributed by atoms with van der Waals surface area (Å²) in [4.78, 5) is 12.1. The van der Waals surface area contributed by atoms with Crippen LogP contribution in [0.3, 0.4) is 0 Å². The number of rotatable bonds is 3. The molecule has 2 aromatic rings. The van der Waals surface area contributed by atoms with Crippen molar-refractivity contribution in [2.24, 2.45) is 0 Å². The summed E-state index contributed by atoms with van der Waals surface area (Å²) in [5, 5.41) is 9.16. The molecule has 0 fully saturated rings. The van der Waals surface area contributed by atoms with Gasteiger partial charge in [0.2, 0.25) is 0 Å². The maximum atomic E-state index is 12.1. The second-order valence-corrected chi connectivity index (χ2v) is 3.92. The van der Waals surface area contributed by atoms with Crippen LogP contribution in [0.2, 0.25) is 0 Å². The Balaban J connectivity index is 0.000000550. The summed E-state index contributed by atoms with van der Waals surface area (Å²) < 4.78 is 4.25. The zero-order chi connectivity index (χ0) is 14.1. The minimum Gasteiger partial charge on any atom is -0.392 e. The van der Waals surface area contributed by atoms with Crippen molar-refractivity contribution in [1.29, 1.82) is 0 Å². The largest absolute Gasteiger partial charge is 0.392 e. The fourth-order valence-corrected chi connectivity index (χ4v) is 1.62. The summed E-state index contributed by atoms with van der Waals surface area (Å²) in [6.45, 7) is -0.116. The minimum absolute atomic E-state index is 0.0507. The van der Waals surface area contributed by atoms with Crippen LogP contribution in [-0.2, 0) is 11.3 Å². The number of ether oxygens (including phenoxy) is 1. The lowest BCUT2D eigenvalue weighted by Gasteiger charge is -2.05. The Hall–Kier alpha value is -1.97. The standard InChI is InChI=1S/C14H12O2.C2H6O/c15-10-12-8-4-5-9-13(12)14(16)11-6-2-1-3-7-11;1-3-2/h1-9,15H,10H2;1-2H3. The van der Waals surface area contributed by atoms with Gasteiger partial charge in [0.15, 0.2) is 5.78 Å². The van der Waals surface area contributed by atoms with Gasteiger partial charge in [-0.25, -0.2) is 0 Å². The number of carbonyl (C=O) groups is 1. The SMILES string of the molecule is COC.O=C(c1ccccc1)c1ccccc1CO. The van der Waals surface area contributed by atoms with Crippen LogP contribution in [0.1, 0.15) is 21.5 Å². The van der Waals surface area contributed by atoms with Gasteiger partial charge >= 0.3 is 0 Å². The number of ketones is 1. The van der Waals surface area contributed by atoms with E-state index in [0.717, 1.165) is 0 Å². The predicted octanol–water partition coefficient (Wildman–Crippen LogP) is 2.67. The van der Waals surface area contributed by atoms with Crippen molar-refractivity contribution >= 4 is 5.78 Å². The van der Waals surface area contributed by atoms with E-state index in [4.69, 9.17) is 5.11 Å². The van der Waals surface area contributed by atoms with Crippen LogP contribution in [0.4, 0.5) is 0 Å². The van der Waals surface area contributed by atoms with E-state index in [1.807, 2.05) is 24.3 Å². The average Bonchev–Trinajstić information content (AvgIpc) is 2.48. The van der Waals surface area contributed by atoms with Crippen molar-refractivity contribution in [1.82, 2.24) is 0 Å². The molecule has 0 saturated carbocycles. The Labute approximate surface area is 113 Å². The number of carbonyl (C=O) groups excluding carboxylic acids is 1. The number of aliphatic hydroxyl groups excluding tert-OH is 1. The number of benzene rings is 2. The van der Waals surface area contributed by atoms with Crippen LogP contribution in [0, 0.1) is 0 Å². The summed E-state index contributed by atoms with van der Waals surface area (Å²) in [5.41, 5.74) is 1.87. The van der Waals surface area contributed by atoms with Gasteiger partial charge in [-0.15, -0.1) is 0 Å². The van der Waals surface area contributed by atoms with Crippen LogP contribution in [0.5, 0.6) is 0 Å². The van der Waals surface area contributed by atoms with Gasteiger partial charge in [-0.05, 0) is 5.56 Å². The third-order valence-corrected chi connectivity index (χ3v) is 2.47. The van der Waals surface area contributed by atoms with E-state index in [9.17, 15) is 4.79 Å². The van der Waals surface area contributed by atoms with Crippen molar-refractivity contribution in [3.63, 3.8) is 0 Å². The van der Waals surface area contributed by atoms with Crippen molar-refractivity contribution in [2.45, 2.75) is 6.61 Å². The normalized spacial score (nSPS) is 9.42. The van der Waals surface area contributed by atoms with Crippen LogP contribution in [0.25, 0.3) is 0 Å². The van der Waals surface area contributed by atoms with E-state index in [2.05, 4.69) is 4.74 Å². The van der Waals surface area contributed by atoms with Gasteiger partial charge in [0.25, 0.3) is 0 Å². The average molecular weight is 258 g/mol. The molecule has 0 radical (unpaired) electrons. The molecule has 0 aliphatic carbocycles. The molecule has 0 aromatic heterocycles. The number of methoxy groups -OCH3 is 1. The quantitative estimate of drug-likeness (QED) is 0.861. The molecule has 0 saturated heterocycles. The lowest BCUT2D eigenvalue weighted by atomic mass is 9.99. The monoisotopic (exact) mass is 258 g/mol. The molecule has 1 N–H and O–H groups in total. The molecule has 0 atom stereocenters. The molecule has 3 nitrogen and oxygen atoms in total. The number of hydrogen-bond donors (Lipinski definition) is 1. The van der Waals surface area contributed by atoms with E-state index in [0.29, 0.717) is 16.7 Å². The summed E-state index contributed by atoms with van der Waals surface area (Å²) >= 11 is 0. The highest BCUT2D eigenvalue weighted by Gasteiger charge is 2.11. The van der Waals surface area contributed by atoms with Gasteiger partial charge in [-0.1, -0.05) is 54.6 Å². The van der Waals surface area contributed by atoms with Crippen molar-refractivity contribution in [3.8, 4) is 0 Å². The first-order valence-electron chi connectivity index (χ1n) is 5.93. The maximum Gasteiger partial charge on any atom is 0.193 e. The van der Waals surface area contributed by atoms with Crippen LogP contribution < -0.4 is 0 Å². The van der Waals surface area contributed by atoms with Crippen LogP contribution in [0.15, 0.2) is 54.6 Å². The van der Waals surface area contributed by atoms with E-state index in [1.165, 1.54) is 0 Å². The maximum absolute atomic E-state index is 12.1. The zero-order valence-corrected chi connectivity index (χ0v) is 11.2. The first-order valence-corrected chi connectivity index (χ1v) is 5.93. The molecule has 19 heavy (non-hydrogen) atoms. The highest BCUT2D eigenvalue weighted by Crippen LogP contribution is 2.14. The van der Waals surface area contributed by atoms with Gasteiger partial charge in [0, 0.05) is 25.3 Å². The Bertz CT molecular complexity index is 506. The summed E-state index contributed by atoms with van der Waals surface area (Å²) in [5.74, 6) is -0.0507. The van der Waals surface area contributed by atoms with Crippen molar-refractivity contribution in [3.05, 3.63) is 71.3 Å². The highest BCUT2D eigenvalue weighted by atomic mass is 16.4. The van der Waals surface area contributed by atoms with Gasteiger partial charge in [-0.3, -0.25) is 4.79 Å². The van der Waals surface area contributed by atoms with E-state index < -0.39 is 0 Å². The fraction of sp³-hybridized carbons (Fsp3) is 0.188. The Morgan fingerprint density at radius 1 is 1.00 bits per heavy atom. The topological polar surface area (TPSA) is 46.5 Å². The predicted molar refractivity (Wildman–Crippen MR) is 75.2 cm³/mol. The highest BCUT2D eigenvalue weighted by molar-refractivity contribution is 6.09. The summed E-state index contributed by atoms with van der Waals surface area (Å²) in [6, 6.07) is 16.2. The molecule has 2 aromatic carbocycles. The number of hydrogen-bond acceptors (Lipinski definition) is 3. The molecule has 0 aliphatic heterocycles. The lowest BCUT2D eigenvalue weighted by molar-refractivity contribution is 0.103. The first kappa shape index (κ1) is 15.1. The summed E-state index contributed by atoms with van der Waals surface area (Å²) in [7, 11) is 3.25. The number of aliphatic hydroxyl groups is 1. The van der Waals surface area contributed by atoms with Crippen LogP contribution >= 0.6 is 0 Å². The van der Waals surface area contributed by atoms with Gasteiger partial charge < -0.3 is 9.84 Å². The Morgan fingerprint density at radius 3 is 2.11 bits per heavy atom. The van der Waals surface area contributed by atoms with E-state index in [1.54, 1.807) is 44.6 Å². The molecule has 0 bridgehead atoms. The van der Waals surface area contributed by atoms with Gasteiger partial charge in [0.1, 0.15) is 0 Å². The third kappa shape index (κ3) is 4.32. The van der Waals surface area contributed by atoms with Gasteiger partial charge in [-0.2, -0.15) is 0 Å². The van der Waals surface area contributed by atoms with Crippen molar-refractivity contribution in [2.75, 3.05) is 14.2 Å². The molecular formula is C16H18O3. The zero-order valence-electron chi connectivity index (χ0n) is 11.2. The Morgan fingerprint density at radius 2 is 1.53 bits per heavy atom. The lowest BCUT2D eigenvalue weighted by Crippen LogP contribution is -2.05. The molecule has 0 spiro atoms. The summed E-state index contributed by atoms with van der Waals surface area (Å²) in [6.07, 6.45) is 0. The first-order chi connectivity index (χ1) is 9.24. The molecule has 2 rings (SSSR count). The third-order valence-electron chi connectivity index (χ3n) is 2.47. The Kier molecular flexibility index (Phi) is 6.50. The van der Waals surface area contributed by atoms with Crippen LogP contribution in [-0.4, -0.2) is 25.1 Å². The molecule has 0 unspecified atom stereocenters. The molecular weight excluding hydrogens is 240 g/mol. The fourth-order valence-electron chi connectivity index (χ4n) is 1.62. The molecule has 0 amide bonds. The van der Waals surface area contributed by atoms with E-state index >= 15 is 0 Å². The molecule has 0 aliphatic rings. The van der Waals surface area contributed by atoms with Gasteiger partial charge in [0.05, 0.1) is 6.61 Å². The molecule has 100 valence electrons. The smallest absolute Gasteiger partial charge is 0.193 e. The second-order valence-electron chi connectivity index (χ2n) is 3.92. The molecule has 0 heterocycles. The second kappa shape index (κ2) is 8.19. The van der Waals surface area contributed by atoms with E-state index in [-0.39, 0.29) is 12.4 Å². The van der Waals surface area contributed by atoms with Crippen molar-refractivity contribution < 1.29 is 14.6 Å². The minimum atomic E-state index is -0.116.